The van der Waals surface area contributed by atoms with E-state index in [2.05, 4.69) is 0 Å². The number of hydrogen-bond acceptors (Lipinski definition) is 7. The molecule has 8 nitrogen and oxygen atoms in total. The van der Waals surface area contributed by atoms with Crippen molar-refractivity contribution in [2.24, 2.45) is 0 Å². The summed E-state index contributed by atoms with van der Waals surface area (Å²) in [5.41, 5.74) is 0. The number of aliphatic hydroxyl groups excluding tert-OH is 3. The molecule has 1 aromatic rings. The molecule has 2 heterocycles. The number of hydrogen-bond donors (Lipinski definition) is 5. The Morgan fingerprint density at radius 1 is 1.11 bits per heavy atom. The van der Waals surface area contributed by atoms with Gasteiger partial charge in [0, 0.05) is 25.1 Å². The molecule has 0 radical (unpaired) electrons. The highest BCUT2D eigenvalue weighted by atomic mass is 16.7. The maximum Gasteiger partial charge on any atom is 0.229 e. The molecule has 0 aliphatic carbocycles. The summed E-state index contributed by atoms with van der Waals surface area (Å²) >= 11 is 0. The summed E-state index contributed by atoms with van der Waals surface area (Å²) in [6, 6.07) is 2.42. The fraction of sp³-hybridized carbons (Fsp3) is 0.455. The van der Waals surface area contributed by atoms with Gasteiger partial charge in [0.25, 0.3) is 0 Å². The lowest BCUT2D eigenvalue weighted by Crippen LogP contribution is -2.39. The second-order valence-corrected chi connectivity index (χ2v) is 4.14. The Balaban J connectivity index is 1.84. The standard InChI is InChI=1S/C11H16N2O6/c14-7-1-2-8(15)12(7)6-5-11(18)19-13-9(16)3-4-10(13)17/h1-4,7-8,11,14-18H,5-6H2. The molecule has 8 heteroatoms. The van der Waals surface area contributed by atoms with Gasteiger partial charge in [-0.1, -0.05) is 0 Å². The van der Waals surface area contributed by atoms with Crippen LogP contribution >= 0.6 is 0 Å². The lowest BCUT2D eigenvalue weighted by Gasteiger charge is -2.25. The van der Waals surface area contributed by atoms with Gasteiger partial charge < -0.3 is 30.4 Å². The average molecular weight is 272 g/mol. The number of aliphatic hydroxyl groups is 3. The highest BCUT2D eigenvalue weighted by Gasteiger charge is 2.26. The van der Waals surface area contributed by atoms with Crippen LogP contribution in [0.2, 0.25) is 0 Å². The first-order valence-electron chi connectivity index (χ1n) is 5.74. The molecular formula is C11H16N2O6. The molecule has 0 saturated carbocycles. The first kappa shape index (κ1) is 13.7. The Labute approximate surface area is 109 Å². The van der Waals surface area contributed by atoms with Crippen molar-refractivity contribution >= 4 is 0 Å². The quantitative estimate of drug-likeness (QED) is 0.328. The lowest BCUT2D eigenvalue weighted by molar-refractivity contribution is -0.128. The molecule has 3 unspecified atom stereocenters. The van der Waals surface area contributed by atoms with E-state index >= 15 is 0 Å². The number of nitrogens with zero attached hydrogens (tertiary/aromatic N) is 2. The fourth-order valence-corrected chi connectivity index (χ4v) is 1.78. The Kier molecular flexibility index (Phi) is 3.96. The van der Waals surface area contributed by atoms with Crippen molar-refractivity contribution in [2.45, 2.75) is 25.2 Å². The summed E-state index contributed by atoms with van der Waals surface area (Å²) in [6.45, 7) is 0.166. The van der Waals surface area contributed by atoms with E-state index in [1.54, 1.807) is 0 Å². The van der Waals surface area contributed by atoms with Gasteiger partial charge in [0.2, 0.25) is 18.1 Å². The molecule has 3 atom stereocenters. The van der Waals surface area contributed by atoms with Crippen molar-refractivity contribution in [2.75, 3.05) is 6.54 Å². The molecule has 0 spiro atoms. The van der Waals surface area contributed by atoms with Crippen LogP contribution in [-0.4, -0.2) is 60.5 Å². The maximum absolute atomic E-state index is 9.63. The summed E-state index contributed by atoms with van der Waals surface area (Å²) in [4.78, 5) is 6.24. The van der Waals surface area contributed by atoms with Crippen LogP contribution in [0.3, 0.4) is 0 Å². The molecule has 5 N–H and O–H groups in total. The van der Waals surface area contributed by atoms with Gasteiger partial charge in [-0.2, -0.15) is 0 Å². The summed E-state index contributed by atoms with van der Waals surface area (Å²) in [7, 11) is 0. The van der Waals surface area contributed by atoms with E-state index in [0.29, 0.717) is 4.73 Å². The van der Waals surface area contributed by atoms with Crippen molar-refractivity contribution in [1.29, 1.82) is 0 Å². The average Bonchev–Trinajstić information content (AvgIpc) is 2.84. The minimum atomic E-state index is -1.32. The van der Waals surface area contributed by atoms with E-state index in [-0.39, 0.29) is 24.7 Å². The second-order valence-electron chi connectivity index (χ2n) is 4.14. The van der Waals surface area contributed by atoms with Crippen molar-refractivity contribution in [3.8, 4) is 11.8 Å². The zero-order valence-electron chi connectivity index (χ0n) is 9.99. The third-order valence-corrected chi connectivity index (χ3v) is 2.79. The van der Waals surface area contributed by atoms with Crippen LogP contribution in [-0.2, 0) is 0 Å². The van der Waals surface area contributed by atoms with Gasteiger partial charge in [-0.25, -0.2) is 4.90 Å². The van der Waals surface area contributed by atoms with Gasteiger partial charge in [0.05, 0.1) is 0 Å². The van der Waals surface area contributed by atoms with E-state index in [9.17, 15) is 25.5 Å². The third kappa shape index (κ3) is 2.99. The zero-order chi connectivity index (χ0) is 14.0. The van der Waals surface area contributed by atoms with Gasteiger partial charge in [0.15, 0.2) is 0 Å². The van der Waals surface area contributed by atoms with Gasteiger partial charge >= 0.3 is 0 Å². The van der Waals surface area contributed by atoms with Crippen molar-refractivity contribution in [3.63, 3.8) is 0 Å². The molecule has 1 aromatic heterocycles. The Bertz CT molecular complexity index is 429. The minimum Gasteiger partial charge on any atom is -0.492 e. The molecule has 19 heavy (non-hydrogen) atoms. The van der Waals surface area contributed by atoms with Crippen LogP contribution in [0, 0.1) is 0 Å². The molecule has 106 valence electrons. The maximum atomic E-state index is 9.63. The van der Waals surface area contributed by atoms with E-state index in [1.165, 1.54) is 29.2 Å². The van der Waals surface area contributed by atoms with Gasteiger partial charge in [-0.15, -0.1) is 4.73 Å². The van der Waals surface area contributed by atoms with E-state index in [4.69, 9.17) is 4.84 Å². The minimum absolute atomic E-state index is 0.0624. The van der Waals surface area contributed by atoms with Gasteiger partial charge in [-0.05, 0) is 12.2 Å². The summed E-state index contributed by atoms with van der Waals surface area (Å²) in [5, 5.41) is 47.2. The Hall–Kier alpha value is -1.74. The van der Waals surface area contributed by atoms with Crippen molar-refractivity contribution < 1.29 is 30.4 Å². The fourth-order valence-electron chi connectivity index (χ4n) is 1.78. The van der Waals surface area contributed by atoms with Crippen LogP contribution in [0.5, 0.6) is 11.8 Å². The molecule has 1 aliphatic rings. The summed E-state index contributed by atoms with van der Waals surface area (Å²) in [6.07, 6.45) is -0.203. The first-order valence-corrected chi connectivity index (χ1v) is 5.74. The monoisotopic (exact) mass is 272 g/mol. The molecule has 1 aliphatic heterocycles. The largest absolute Gasteiger partial charge is 0.492 e. The van der Waals surface area contributed by atoms with Crippen molar-refractivity contribution in [3.05, 3.63) is 24.3 Å². The molecule has 0 fully saturated rings. The van der Waals surface area contributed by atoms with Crippen molar-refractivity contribution in [1.82, 2.24) is 9.63 Å². The first-order chi connectivity index (χ1) is 8.99. The summed E-state index contributed by atoms with van der Waals surface area (Å²) in [5.74, 6) is -0.695. The molecule has 0 aromatic carbocycles. The molecule has 2 rings (SSSR count). The van der Waals surface area contributed by atoms with Crippen LogP contribution in [0.4, 0.5) is 0 Å². The van der Waals surface area contributed by atoms with Crippen LogP contribution in [0.25, 0.3) is 0 Å². The van der Waals surface area contributed by atoms with E-state index in [1.807, 2.05) is 0 Å². The topological polar surface area (TPSA) is 119 Å². The van der Waals surface area contributed by atoms with E-state index < -0.39 is 18.7 Å². The van der Waals surface area contributed by atoms with Crippen LogP contribution in [0.15, 0.2) is 24.3 Å². The number of aromatic hydroxyl groups is 2. The third-order valence-electron chi connectivity index (χ3n) is 2.79. The normalized spacial score (nSPS) is 24.8. The predicted octanol–water partition coefficient (Wildman–Crippen LogP) is -1.46. The predicted molar refractivity (Wildman–Crippen MR) is 62.8 cm³/mol. The zero-order valence-corrected chi connectivity index (χ0v) is 9.99. The van der Waals surface area contributed by atoms with Gasteiger partial charge in [0.1, 0.15) is 12.5 Å². The molecule has 0 amide bonds. The SMILES string of the molecule is Oc1ccc(O)n1OC(O)CCN1C(O)C=CC1O. The Morgan fingerprint density at radius 3 is 2.16 bits per heavy atom. The number of rotatable bonds is 5. The van der Waals surface area contributed by atoms with E-state index in [0.717, 1.165) is 0 Å². The summed E-state index contributed by atoms with van der Waals surface area (Å²) < 4.78 is 0.680. The highest BCUT2D eigenvalue weighted by Crippen LogP contribution is 2.20. The van der Waals surface area contributed by atoms with Crippen LogP contribution < -0.4 is 4.84 Å². The second kappa shape index (κ2) is 5.49. The molecule has 0 saturated heterocycles. The molecular weight excluding hydrogens is 256 g/mol. The number of aromatic nitrogens is 1. The smallest absolute Gasteiger partial charge is 0.229 e. The highest BCUT2D eigenvalue weighted by molar-refractivity contribution is 5.21. The lowest BCUT2D eigenvalue weighted by atomic mass is 10.3. The Morgan fingerprint density at radius 2 is 1.63 bits per heavy atom. The van der Waals surface area contributed by atoms with Gasteiger partial charge in [-0.3, -0.25) is 0 Å². The molecule has 0 bridgehead atoms. The van der Waals surface area contributed by atoms with Crippen LogP contribution in [0.1, 0.15) is 6.42 Å².